The van der Waals surface area contributed by atoms with Crippen LogP contribution in [-0.4, -0.2) is 87.3 Å². The Morgan fingerprint density at radius 2 is 1.22 bits per heavy atom. The van der Waals surface area contributed by atoms with Gasteiger partial charge in [0.25, 0.3) is 5.91 Å². The third-order valence-electron chi connectivity index (χ3n) is 8.65. The van der Waals surface area contributed by atoms with Crippen molar-refractivity contribution >= 4 is 102 Å². The standard InChI is InChI=1S/C19H18BrN7O.C14H9BrN6O2/c20-15-14-17(25-13-6-11-7-21-8-12(11)9-22-13)23-10-24-18(14)26-16(15)19(28)27-4-2-1-3-5-27;15-10-9-12(18-5-19-13(9)21-11(10)14(22)23)20-8-1-6-2-16-3-7(6)4-17-8/h6-7,9-10H,1-5,8H2,(H2,22,23,24,25,26);1-2,4-5H,3H2,(H,22,23)(H2,17,18,19,20,21). The van der Waals surface area contributed by atoms with Gasteiger partial charge >= 0.3 is 5.97 Å². The fraction of sp³-hybridized carbons (Fsp3) is 0.212. The van der Waals surface area contributed by atoms with Gasteiger partial charge in [0, 0.05) is 60.2 Å². The normalized spacial score (nSPS) is 14.4. The monoisotopic (exact) mass is 811 g/mol. The second-order valence-electron chi connectivity index (χ2n) is 11.9. The van der Waals surface area contributed by atoms with E-state index in [0.29, 0.717) is 67.7 Å². The van der Waals surface area contributed by atoms with Crippen molar-refractivity contribution < 1.29 is 14.7 Å². The van der Waals surface area contributed by atoms with Crippen LogP contribution >= 0.6 is 31.9 Å². The molecule has 0 bridgehead atoms. The Bertz CT molecular complexity index is 2420. The molecule has 18 heteroatoms. The van der Waals surface area contributed by atoms with Crippen molar-refractivity contribution in [2.75, 3.05) is 23.7 Å². The van der Waals surface area contributed by atoms with Gasteiger partial charge in [-0.3, -0.25) is 14.8 Å². The van der Waals surface area contributed by atoms with Crippen LogP contribution < -0.4 is 10.6 Å². The molecule has 0 aliphatic carbocycles. The maximum Gasteiger partial charge on any atom is 0.353 e. The van der Waals surface area contributed by atoms with Crippen LogP contribution in [0.4, 0.5) is 23.3 Å². The summed E-state index contributed by atoms with van der Waals surface area (Å²) in [4.78, 5) is 66.1. The number of carboxylic acids is 1. The molecular weight excluding hydrogens is 786 g/mol. The lowest BCUT2D eigenvalue weighted by atomic mass is 10.1. The number of fused-ring (bicyclic) bond motifs is 4. The third-order valence-corrected chi connectivity index (χ3v) is 10.2. The van der Waals surface area contributed by atoms with Crippen molar-refractivity contribution in [3.8, 4) is 0 Å². The minimum atomic E-state index is -1.08. The predicted molar refractivity (Wildman–Crippen MR) is 198 cm³/mol. The first kappa shape index (κ1) is 32.6. The van der Waals surface area contributed by atoms with Gasteiger partial charge < -0.3 is 30.6 Å². The number of carbonyl (C=O) groups is 2. The number of aromatic amines is 2. The molecule has 3 aliphatic rings. The molecule has 0 aromatic carbocycles. The van der Waals surface area contributed by atoms with Crippen molar-refractivity contribution in [1.82, 2.24) is 44.8 Å². The number of rotatable bonds is 6. The summed E-state index contributed by atoms with van der Waals surface area (Å²) >= 11 is 6.89. The summed E-state index contributed by atoms with van der Waals surface area (Å²) in [6.45, 7) is 2.90. The fourth-order valence-corrected chi connectivity index (χ4v) is 7.37. The number of likely N-dealkylation sites (tertiary alicyclic amines) is 1. The molecule has 9 rings (SSSR count). The summed E-state index contributed by atoms with van der Waals surface area (Å²) in [5, 5.41) is 16.8. The number of nitrogens with one attached hydrogen (secondary N) is 4. The van der Waals surface area contributed by atoms with E-state index in [-0.39, 0.29) is 11.6 Å². The molecule has 3 aliphatic heterocycles. The Morgan fingerprint density at radius 1 is 0.706 bits per heavy atom. The molecule has 1 saturated heterocycles. The average molecular weight is 813 g/mol. The zero-order valence-corrected chi connectivity index (χ0v) is 29.8. The highest BCUT2D eigenvalue weighted by atomic mass is 79.9. The number of aliphatic imine (C=N–C) groups is 2. The number of halogens is 2. The van der Waals surface area contributed by atoms with Gasteiger partial charge in [0.2, 0.25) is 0 Å². The molecule has 256 valence electrons. The van der Waals surface area contributed by atoms with Gasteiger partial charge in [0.1, 0.15) is 58.6 Å². The third kappa shape index (κ3) is 6.31. The molecule has 0 saturated carbocycles. The fourth-order valence-electron chi connectivity index (χ4n) is 6.08. The molecule has 51 heavy (non-hydrogen) atoms. The van der Waals surface area contributed by atoms with Crippen LogP contribution in [0.15, 0.2) is 56.1 Å². The number of anilines is 4. The molecule has 9 heterocycles. The number of carboxylic acid groups (broad SMARTS) is 1. The molecule has 6 aromatic heterocycles. The first-order valence-corrected chi connectivity index (χ1v) is 17.5. The lowest BCUT2D eigenvalue weighted by molar-refractivity contribution is 0.0688. The first-order chi connectivity index (χ1) is 24.8. The van der Waals surface area contributed by atoms with Crippen molar-refractivity contribution in [1.29, 1.82) is 0 Å². The first-order valence-electron chi connectivity index (χ1n) is 15.9. The number of carbonyl (C=O) groups excluding carboxylic acids is 1. The highest BCUT2D eigenvalue weighted by Crippen LogP contribution is 2.35. The van der Waals surface area contributed by atoms with E-state index in [1.807, 2.05) is 29.4 Å². The van der Waals surface area contributed by atoms with E-state index in [1.54, 1.807) is 12.4 Å². The molecule has 5 N–H and O–H groups in total. The lowest BCUT2D eigenvalue weighted by Gasteiger charge is -2.26. The molecule has 16 nitrogen and oxygen atoms in total. The second-order valence-corrected chi connectivity index (χ2v) is 13.5. The highest BCUT2D eigenvalue weighted by Gasteiger charge is 2.25. The van der Waals surface area contributed by atoms with E-state index in [1.165, 1.54) is 19.1 Å². The Labute approximate surface area is 305 Å². The Balaban J connectivity index is 0.000000150. The van der Waals surface area contributed by atoms with Gasteiger partial charge in [-0.2, -0.15) is 0 Å². The summed E-state index contributed by atoms with van der Waals surface area (Å²) in [7, 11) is 0. The number of aromatic carboxylic acids is 1. The maximum absolute atomic E-state index is 13.0. The van der Waals surface area contributed by atoms with E-state index in [4.69, 9.17) is 0 Å². The van der Waals surface area contributed by atoms with Crippen LogP contribution in [0.3, 0.4) is 0 Å². The zero-order chi connectivity index (χ0) is 35.1. The SMILES string of the molecule is O=C(O)c1[nH]c2ncnc(Nc3cc4c(cn3)CN=C4)c2c1Br.O=C(c1[nH]c2ncnc(Nc3cc4c(cn3)CN=C4)c2c1Br)N1CCCCC1. The van der Waals surface area contributed by atoms with Crippen molar-refractivity contribution in [3.05, 3.63) is 79.8 Å². The molecule has 0 atom stereocenters. The lowest BCUT2D eigenvalue weighted by Crippen LogP contribution is -2.35. The van der Waals surface area contributed by atoms with Gasteiger partial charge in [-0.05, 0) is 63.3 Å². The summed E-state index contributed by atoms with van der Waals surface area (Å²) < 4.78 is 1.06. The maximum atomic E-state index is 13.0. The van der Waals surface area contributed by atoms with Gasteiger partial charge in [-0.25, -0.2) is 34.7 Å². The quantitative estimate of drug-likeness (QED) is 0.133. The number of hydrogen-bond acceptors (Lipinski definition) is 12. The van der Waals surface area contributed by atoms with Crippen molar-refractivity contribution in [2.24, 2.45) is 9.98 Å². The molecule has 6 aromatic rings. The van der Waals surface area contributed by atoms with E-state index in [0.717, 1.165) is 53.6 Å². The van der Waals surface area contributed by atoms with Crippen molar-refractivity contribution in [3.63, 3.8) is 0 Å². The van der Waals surface area contributed by atoms with Crippen LogP contribution in [0.2, 0.25) is 0 Å². The Morgan fingerprint density at radius 3 is 1.75 bits per heavy atom. The Hall–Kier alpha value is -5.62. The number of H-pyrrole nitrogens is 2. The van der Waals surface area contributed by atoms with Crippen molar-refractivity contribution in [2.45, 2.75) is 32.4 Å². The van der Waals surface area contributed by atoms with Crippen LogP contribution in [0.1, 0.15) is 62.5 Å². The summed E-state index contributed by atoms with van der Waals surface area (Å²) in [6.07, 6.45) is 13.3. The minimum absolute atomic E-state index is 0.0117. The molecule has 0 unspecified atom stereocenters. The summed E-state index contributed by atoms with van der Waals surface area (Å²) in [5.74, 6) is 1.24. The number of amides is 1. The number of pyridine rings is 2. The summed E-state index contributed by atoms with van der Waals surface area (Å²) in [5.41, 5.74) is 5.80. The topological polar surface area (TPSA) is 215 Å². The smallest absolute Gasteiger partial charge is 0.353 e. The van der Waals surface area contributed by atoms with Crippen LogP contribution in [0.25, 0.3) is 22.1 Å². The number of nitrogens with zero attached hydrogens (tertiary/aromatic N) is 9. The summed E-state index contributed by atoms with van der Waals surface area (Å²) in [6, 6.07) is 3.82. The van der Waals surface area contributed by atoms with Crippen LogP contribution in [0, 0.1) is 0 Å². The van der Waals surface area contributed by atoms with Gasteiger partial charge in [0.05, 0.1) is 32.8 Å². The van der Waals surface area contributed by atoms with E-state index in [2.05, 4.69) is 92.4 Å². The van der Waals surface area contributed by atoms with Crippen LogP contribution in [0.5, 0.6) is 0 Å². The molecule has 1 fully saturated rings. The van der Waals surface area contributed by atoms with E-state index >= 15 is 0 Å². The highest BCUT2D eigenvalue weighted by molar-refractivity contribution is 9.11. The molecule has 0 radical (unpaired) electrons. The molecular formula is C33H27Br2N13O3. The van der Waals surface area contributed by atoms with Gasteiger partial charge in [-0.1, -0.05) is 0 Å². The molecule has 0 spiro atoms. The largest absolute Gasteiger partial charge is 0.477 e. The van der Waals surface area contributed by atoms with Crippen LogP contribution in [-0.2, 0) is 13.1 Å². The average Bonchev–Trinajstić information content (AvgIpc) is 3.94. The number of piperidine rings is 1. The number of aromatic nitrogens is 8. The minimum Gasteiger partial charge on any atom is -0.477 e. The van der Waals surface area contributed by atoms with E-state index in [9.17, 15) is 14.7 Å². The second kappa shape index (κ2) is 13.6. The number of hydrogen-bond donors (Lipinski definition) is 5. The zero-order valence-electron chi connectivity index (χ0n) is 26.6. The van der Waals surface area contributed by atoms with E-state index < -0.39 is 5.97 Å². The Kier molecular flexibility index (Phi) is 8.68. The van der Waals surface area contributed by atoms with Gasteiger partial charge in [0.15, 0.2) is 0 Å². The predicted octanol–water partition coefficient (Wildman–Crippen LogP) is 5.91. The molecule has 1 amide bonds. The van der Waals surface area contributed by atoms with Gasteiger partial charge in [-0.15, -0.1) is 0 Å².